The first-order valence-corrected chi connectivity index (χ1v) is 10.6. The van der Waals surface area contributed by atoms with Crippen LogP contribution in [0.15, 0.2) is 24.3 Å². The number of halogens is 1. The van der Waals surface area contributed by atoms with E-state index in [9.17, 15) is 9.18 Å². The van der Waals surface area contributed by atoms with E-state index in [0.717, 1.165) is 45.7 Å². The maximum atomic E-state index is 13.6. The maximum absolute atomic E-state index is 13.6. The third-order valence-corrected chi connectivity index (χ3v) is 6.63. The van der Waals surface area contributed by atoms with Crippen LogP contribution in [-0.2, 0) is 0 Å². The summed E-state index contributed by atoms with van der Waals surface area (Å²) < 4.78 is 13.6. The van der Waals surface area contributed by atoms with Gasteiger partial charge in [0, 0.05) is 17.8 Å². The monoisotopic (exact) mass is 412 g/mol. The van der Waals surface area contributed by atoms with Crippen molar-refractivity contribution in [1.82, 2.24) is 20.2 Å². The molecule has 1 atom stereocenters. The second-order valence-corrected chi connectivity index (χ2v) is 8.92. The molecule has 1 amide bonds. The zero-order chi connectivity index (χ0) is 20.7. The van der Waals surface area contributed by atoms with Crippen molar-refractivity contribution in [2.45, 2.75) is 38.6 Å². The summed E-state index contributed by atoms with van der Waals surface area (Å²) in [5.74, 6) is 0.981. The molecule has 4 rings (SSSR count). The van der Waals surface area contributed by atoms with Gasteiger partial charge in [0.05, 0.1) is 16.6 Å². The molecule has 3 aromatic rings. The van der Waals surface area contributed by atoms with Crippen LogP contribution in [0.2, 0.25) is 0 Å². The number of aryl methyl sites for hydroxylation is 2. The van der Waals surface area contributed by atoms with Crippen molar-refractivity contribution in [1.29, 1.82) is 0 Å². The van der Waals surface area contributed by atoms with Crippen molar-refractivity contribution in [3.63, 3.8) is 0 Å². The first kappa shape index (κ1) is 19.9. The Morgan fingerprint density at radius 3 is 2.72 bits per heavy atom. The normalized spacial score (nSPS) is 15.1. The summed E-state index contributed by atoms with van der Waals surface area (Å²) in [5, 5.41) is 4.01. The Morgan fingerprint density at radius 1 is 1.31 bits per heavy atom. The minimum Gasteiger partial charge on any atom is -0.349 e. The number of carbonyl (C=O) groups excluding carboxylic acids is 1. The first-order valence-electron chi connectivity index (χ1n) is 9.83. The molecule has 7 heteroatoms. The summed E-state index contributed by atoms with van der Waals surface area (Å²) in [6, 6.07) is 6.39. The zero-order valence-electron chi connectivity index (χ0n) is 17.1. The second kappa shape index (κ2) is 7.80. The molecular formula is C22H25FN4OS. The van der Waals surface area contributed by atoms with Gasteiger partial charge in [0.1, 0.15) is 16.5 Å². The average molecular weight is 413 g/mol. The molecule has 152 valence electrons. The smallest absolute Gasteiger partial charge is 0.261 e. The van der Waals surface area contributed by atoms with Gasteiger partial charge in [0.2, 0.25) is 0 Å². The highest BCUT2D eigenvalue weighted by Gasteiger charge is 2.28. The van der Waals surface area contributed by atoms with Crippen LogP contribution in [0.25, 0.3) is 10.2 Å². The topological polar surface area (TPSA) is 58.1 Å². The van der Waals surface area contributed by atoms with E-state index in [-0.39, 0.29) is 17.8 Å². The fourth-order valence-electron chi connectivity index (χ4n) is 3.68. The summed E-state index contributed by atoms with van der Waals surface area (Å²) in [6.45, 7) is 4.33. The number of likely N-dealkylation sites (N-methyl/N-ethyl adjacent to an activating group) is 1. The molecule has 1 fully saturated rings. The largest absolute Gasteiger partial charge is 0.349 e. The van der Waals surface area contributed by atoms with Crippen LogP contribution in [0.4, 0.5) is 4.39 Å². The molecule has 29 heavy (non-hydrogen) atoms. The van der Waals surface area contributed by atoms with Gasteiger partial charge in [-0.05, 0) is 64.0 Å². The van der Waals surface area contributed by atoms with Crippen molar-refractivity contribution in [2.24, 2.45) is 0 Å². The van der Waals surface area contributed by atoms with E-state index in [1.54, 1.807) is 6.07 Å². The van der Waals surface area contributed by atoms with E-state index in [2.05, 4.69) is 10.3 Å². The lowest BCUT2D eigenvalue weighted by Crippen LogP contribution is -2.34. The summed E-state index contributed by atoms with van der Waals surface area (Å²) in [7, 11) is 3.84. The van der Waals surface area contributed by atoms with Gasteiger partial charge in [-0.15, -0.1) is 11.3 Å². The van der Waals surface area contributed by atoms with Crippen LogP contribution in [0.1, 0.15) is 57.1 Å². The molecule has 1 aromatic carbocycles. The van der Waals surface area contributed by atoms with Gasteiger partial charge in [0.15, 0.2) is 0 Å². The SMILES string of the molecule is Cc1nc(C2CC2)nc2sc(C(=O)NC[C@@H](c3cccc(F)c3)N(C)C)c(C)c12. The van der Waals surface area contributed by atoms with E-state index in [1.165, 1.54) is 23.5 Å². The van der Waals surface area contributed by atoms with Crippen LogP contribution in [0.5, 0.6) is 0 Å². The van der Waals surface area contributed by atoms with Crippen LogP contribution in [0, 0.1) is 19.7 Å². The van der Waals surface area contributed by atoms with Crippen LogP contribution in [0.3, 0.4) is 0 Å². The van der Waals surface area contributed by atoms with Gasteiger partial charge in [-0.2, -0.15) is 0 Å². The Kier molecular flexibility index (Phi) is 5.36. The standard InChI is InChI=1S/C22H25FN4OS/c1-12-18-13(2)25-20(14-8-9-14)26-22(18)29-19(12)21(28)24-11-17(27(3)4)15-6-5-7-16(23)10-15/h5-7,10,14,17H,8-9,11H2,1-4H3,(H,24,28)/t17-/m0/s1. The molecule has 0 aliphatic heterocycles. The summed E-state index contributed by atoms with van der Waals surface area (Å²) in [5.41, 5.74) is 2.70. The molecular weight excluding hydrogens is 387 g/mol. The number of rotatable bonds is 6. The summed E-state index contributed by atoms with van der Waals surface area (Å²) in [4.78, 5) is 25.9. The van der Waals surface area contributed by atoms with Crippen molar-refractivity contribution >= 4 is 27.5 Å². The number of hydrogen-bond acceptors (Lipinski definition) is 5. The lowest BCUT2D eigenvalue weighted by Gasteiger charge is -2.25. The maximum Gasteiger partial charge on any atom is 0.261 e. The molecule has 5 nitrogen and oxygen atoms in total. The average Bonchev–Trinajstić information content (AvgIpc) is 3.45. The summed E-state index contributed by atoms with van der Waals surface area (Å²) >= 11 is 1.43. The predicted octanol–water partition coefficient (Wildman–Crippen LogP) is 4.36. The number of benzene rings is 1. The highest BCUT2D eigenvalue weighted by atomic mass is 32.1. The fourth-order valence-corrected chi connectivity index (χ4v) is 4.84. The number of carbonyl (C=O) groups is 1. The van der Waals surface area contributed by atoms with Crippen molar-refractivity contribution < 1.29 is 9.18 Å². The van der Waals surface area contributed by atoms with Crippen molar-refractivity contribution in [3.05, 3.63) is 57.6 Å². The zero-order valence-corrected chi connectivity index (χ0v) is 17.9. The van der Waals surface area contributed by atoms with Gasteiger partial charge in [0.25, 0.3) is 5.91 Å². The van der Waals surface area contributed by atoms with Gasteiger partial charge >= 0.3 is 0 Å². The Balaban J connectivity index is 1.57. The van der Waals surface area contributed by atoms with E-state index >= 15 is 0 Å². The van der Waals surface area contributed by atoms with Crippen molar-refractivity contribution in [2.75, 3.05) is 20.6 Å². The number of nitrogens with one attached hydrogen (secondary N) is 1. The molecule has 1 N–H and O–H groups in total. The van der Waals surface area contributed by atoms with E-state index < -0.39 is 0 Å². The number of aromatic nitrogens is 2. The minimum atomic E-state index is -0.276. The molecule has 2 heterocycles. The molecule has 1 aliphatic rings. The Labute approximate surface area is 174 Å². The molecule has 0 saturated heterocycles. The van der Waals surface area contributed by atoms with Crippen molar-refractivity contribution in [3.8, 4) is 0 Å². The summed E-state index contributed by atoms with van der Waals surface area (Å²) in [6.07, 6.45) is 2.29. The molecule has 0 bridgehead atoms. The third kappa shape index (κ3) is 4.02. The Hall–Kier alpha value is -2.38. The van der Waals surface area contributed by atoms with Gasteiger partial charge in [-0.25, -0.2) is 14.4 Å². The lowest BCUT2D eigenvalue weighted by atomic mass is 10.1. The van der Waals surface area contributed by atoms with Gasteiger partial charge in [-0.3, -0.25) is 4.79 Å². The number of thiophene rings is 1. The molecule has 1 aliphatic carbocycles. The first-order chi connectivity index (χ1) is 13.8. The molecule has 1 saturated carbocycles. The number of amides is 1. The third-order valence-electron chi connectivity index (χ3n) is 5.45. The second-order valence-electron chi connectivity index (χ2n) is 7.92. The van der Waals surface area contributed by atoms with E-state index in [0.29, 0.717) is 17.3 Å². The van der Waals surface area contributed by atoms with Gasteiger partial charge < -0.3 is 10.2 Å². The molecule has 0 spiro atoms. The van der Waals surface area contributed by atoms with Gasteiger partial charge in [-0.1, -0.05) is 12.1 Å². The molecule has 2 aromatic heterocycles. The number of fused-ring (bicyclic) bond motifs is 1. The highest BCUT2D eigenvalue weighted by molar-refractivity contribution is 7.20. The molecule has 0 radical (unpaired) electrons. The van der Waals surface area contributed by atoms with E-state index in [1.807, 2.05) is 38.9 Å². The quantitative estimate of drug-likeness (QED) is 0.654. The van der Waals surface area contributed by atoms with Crippen LogP contribution in [-0.4, -0.2) is 41.4 Å². The fraction of sp³-hybridized carbons (Fsp3) is 0.409. The molecule has 0 unspecified atom stereocenters. The van der Waals surface area contributed by atoms with Crippen LogP contribution < -0.4 is 5.32 Å². The number of hydrogen-bond donors (Lipinski definition) is 1. The minimum absolute atomic E-state index is 0.118. The highest BCUT2D eigenvalue weighted by Crippen LogP contribution is 2.40. The van der Waals surface area contributed by atoms with Crippen LogP contribution >= 0.6 is 11.3 Å². The predicted molar refractivity (Wildman–Crippen MR) is 114 cm³/mol. The Bertz CT molecular complexity index is 1070. The lowest BCUT2D eigenvalue weighted by molar-refractivity contribution is 0.0945. The Morgan fingerprint density at radius 2 is 2.07 bits per heavy atom. The number of nitrogens with zero attached hydrogens (tertiary/aromatic N) is 3. The van der Waals surface area contributed by atoms with E-state index in [4.69, 9.17) is 4.98 Å².